The zero-order valence-electron chi connectivity index (χ0n) is 13.3. The van der Waals surface area contributed by atoms with Crippen molar-refractivity contribution >= 4 is 46.3 Å². The molecule has 0 bridgehead atoms. The first-order chi connectivity index (χ1) is 10.4. The third kappa shape index (κ3) is 4.36. The fourth-order valence-electron chi connectivity index (χ4n) is 2.06. The Kier molecular flexibility index (Phi) is 6.40. The number of hydrogen-bond donors (Lipinski definition) is 0. The second kappa shape index (κ2) is 7.84. The second-order valence-electron chi connectivity index (χ2n) is 5.36. The molecule has 2 aromatic rings. The number of allylic oxidation sites excluding steroid dienone is 2. The van der Waals surface area contributed by atoms with Gasteiger partial charge in [0.25, 0.3) is 0 Å². The molecule has 0 unspecified atom stereocenters. The molecule has 0 fully saturated rings. The van der Waals surface area contributed by atoms with Crippen LogP contribution in [0.15, 0.2) is 52.1 Å². The lowest BCUT2D eigenvalue weighted by atomic mass is 9.96. The van der Waals surface area contributed by atoms with Crippen molar-refractivity contribution in [2.24, 2.45) is 9.98 Å². The first kappa shape index (κ1) is 18.8. The summed E-state index contributed by atoms with van der Waals surface area (Å²) in [6.07, 6.45) is 0. The molecule has 0 saturated carbocycles. The first-order valence-corrected chi connectivity index (χ1v) is 7.92. The molecule has 2 nitrogen and oxygen atoms in total. The van der Waals surface area contributed by atoms with E-state index < -0.39 is 0 Å². The monoisotopic (exact) mass is 324 g/mol. The molecule has 1 aromatic heterocycles. The van der Waals surface area contributed by atoms with Crippen molar-refractivity contribution in [3.8, 4) is 0 Å². The highest BCUT2D eigenvalue weighted by atomic mass is 32.1. The van der Waals surface area contributed by atoms with Crippen LogP contribution in [0.25, 0.3) is 11.1 Å². The predicted octanol–water partition coefficient (Wildman–Crippen LogP) is 6.92. The van der Waals surface area contributed by atoms with E-state index in [4.69, 9.17) is 4.99 Å². The van der Waals surface area contributed by atoms with Crippen LogP contribution in [-0.4, -0.2) is 12.4 Å². The van der Waals surface area contributed by atoms with Crippen molar-refractivity contribution in [2.45, 2.75) is 28.2 Å². The maximum absolute atomic E-state index is 4.69. The Morgan fingerprint density at radius 3 is 1.83 bits per heavy atom. The van der Waals surface area contributed by atoms with Gasteiger partial charge in [0.2, 0.25) is 0 Å². The summed E-state index contributed by atoms with van der Waals surface area (Å²) >= 11 is 1.58. The number of thiophene rings is 1. The zero-order chi connectivity index (χ0) is 16.3. The summed E-state index contributed by atoms with van der Waals surface area (Å²) in [5.74, 6) is 0. The number of benzene rings is 1. The predicted molar refractivity (Wildman–Crippen MR) is 108 cm³/mol. The average Bonchev–Trinajstić information content (AvgIpc) is 2.93. The Morgan fingerprint density at radius 2 is 1.35 bits per heavy atom. The summed E-state index contributed by atoms with van der Waals surface area (Å²) in [5.41, 5.74) is 7.96. The highest BCUT2D eigenvalue weighted by Gasteiger charge is 2.07. The van der Waals surface area contributed by atoms with Crippen molar-refractivity contribution in [3.05, 3.63) is 58.8 Å². The van der Waals surface area contributed by atoms with Gasteiger partial charge in [-0.25, -0.2) is 4.99 Å². The molecule has 1 heterocycles. The van der Waals surface area contributed by atoms with E-state index in [-0.39, 0.29) is 7.43 Å². The van der Waals surface area contributed by atoms with Gasteiger partial charge in [0, 0.05) is 16.5 Å². The SMILES string of the molecule is C.C=Nc1cscc1N=C(C)c1cc(C(=C)C)cc(C(=C)C)c1. The molecule has 0 aliphatic rings. The molecular formula is C20H24N2S. The van der Waals surface area contributed by atoms with Gasteiger partial charge in [-0.2, -0.15) is 0 Å². The van der Waals surface area contributed by atoms with E-state index in [1.165, 1.54) is 0 Å². The fraction of sp³-hybridized carbons (Fsp3) is 0.200. The van der Waals surface area contributed by atoms with Crippen LogP contribution in [0.5, 0.6) is 0 Å². The van der Waals surface area contributed by atoms with Crippen LogP contribution >= 0.6 is 11.3 Å². The summed E-state index contributed by atoms with van der Waals surface area (Å²) in [4.78, 5) is 8.69. The summed E-state index contributed by atoms with van der Waals surface area (Å²) < 4.78 is 0. The largest absolute Gasteiger partial charge is 0.262 e. The van der Waals surface area contributed by atoms with Gasteiger partial charge < -0.3 is 0 Å². The van der Waals surface area contributed by atoms with Gasteiger partial charge in [-0.3, -0.25) is 4.99 Å². The minimum Gasteiger partial charge on any atom is -0.262 e. The molecular weight excluding hydrogens is 300 g/mol. The first-order valence-electron chi connectivity index (χ1n) is 6.97. The lowest BCUT2D eigenvalue weighted by molar-refractivity contribution is 1.45. The van der Waals surface area contributed by atoms with E-state index >= 15 is 0 Å². The van der Waals surface area contributed by atoms with E-state index in [1.807, 2.05) is 31.5 Å². The average molecular weight is 324 g/mol. The number of aliphatic imine (C=N–C) groups is 2. The number of hydrogen-bond acceptors (Lipinski definition) is 3. The van der Waals surface area contributed by atoms with Crippen molar-refractivity contribution in [2.75, 3.05) is 0 Å². The van der Waals surface area contributed by atoms with Crippen molar-refractivity contribution in [1.82, 2.24) is 0 Å². The molecule has 0 amide bonds. The quantitative estimate of drug-likeness (QED) is 0.533. The smallest absolute Gasteiger partial charge is 0.0996 e. The van der Waals surface area contributed by atoms with Gasteiger partial charge >= 0.3 is 0 Å². The van der Waals surface area contributed by atoms with Gasteiger partial charge in [-0.05, 0) is 62.4 Å². The van der Waals surface area contributed by atoms with E-state index in [2.05, 4.69) is 43.1 Å². The Morgan fingerprint density at radius 1 is 0.870 bits per heavy atom. The van der Waals surface area contributed by atoms with Gasteiger partial charge in [0.1, 0.15) is 0 Å². The van der Waals surface area contributed by atoms with Crippen molar-refractivity contribution < 1.29 is 0 Å². The van der Waals surface area contributed by atoms with E-state index in [9.17, 15) is 0 Å². The molecule has 0 aliphatic heterocycles. The third-order valence-corrected chi connectivity index (χ3v) is 4.14. The van der Waals surface area contributed by atoms with Crippen LogP contribution in [0.4, 0.5) is 11.4 Å². The maximum Gasteiger partial charge on any atom is 0.0996 e. The Labute approximate surface area is 143 Å². The van der Waals surface area contributed by atoms with Gasteiger partial charge in [0.15, 0.2) is 0 Å². The van der Waals surface area contributed by atoms with E-state index in [0.717, 1.165) is 44.9 Å². The lowest BCUT2D eigenvalue weighted by Crippen LogP contribution is -1.97. The highest BCUT2D eigenvalue weighted by molar-refractivity contribution is 7.08. The van der Waals surface area contributed by atoms with Crippen LogP contribution < -0.4 is 0 Å². The zero-order valence-corrected chi connectivity index (χ0v) is 14.1. The molecule has 2 rings (SSSR count). The van der Waals surface area contributed by atoms with Gasteiger partial charge in [0.05, 0.1) is 11.4 Å². The second-order valence-corrected chi connectivity index (χ2v) is 6.10. The van der Waals surface area contributed by atoms with E-state index in [1.54, 1.807) is 11.3 Å². The molecule has 0 atom stereocenters. The van der Waals surface area contributed by atoms with Crippen LogP contribution in [-0.2, 0) is 0 Å². The Hall–Kier alpha value is -2.26. The van der Waals surface area contributed by atoms with Crippen molar-refractivity contribution in [3.63, 3.8) is 0 Å². The Bertz CT molecular complexity index is 746. The summed E-state index contributed by atoms with van der Waals surface area (Å²) in [5, 5.41) is 3.93. The number of rotatable bonds is 5. The minimum atomic E-state index is 0. The lowest BCUT2D eigenvalue weighted by Gasteiger charge is -2.10. The van der Waals surface area contributed by atoms with Crippen molar-refractivity contribution in [1.29, 1.82) is 0 Å². The minimum absolute atomic E-state index is 0. The summed E-state index contributed by atoms with van der Waals surface area (Å²) in [7, 11) is 0. The summed E-state index contributed by atoms with van der Waals surface area (Å²) in [6.45, 7) is 17.7. The molecule has 0 radical (unpaired) electrons. The maximum atomic E-state index is 4.69. The normalized spacial score (nSPS) is 10.8. The van der Waals surface area contributed by atoms with Crippen LogP contribution in [0.1, 0.15) is 44.9 Å². The highest BCUT2D eigenvalue weighted by Crippen LogP contribution is 2.32. The molecule has 0 N–H and O–H groups in total. The standard InChI is InChI=1S/C19H20N2S.CH4/c1-12(2)15-7-16(13(3)4)9-17(8-15)14(5)21-19-11-22-10-18(19)20-6;/h7-11H,1,3,6H2,2,4-5H3;1H4. The van der Waals surface area contributed by atoms with Crippen LogP contribution in [0, 0.1) is 0 Å². The van der Waals surface area contributed by atoms with E-state index in [0.29, 0.717) is 0 Å². The van der Waals surface area contributed by atoms with Crippen LogP contribution in [0.3, 0.4) is 0 Å². The van der Waals surface area contributed by atoms with Crippen LogP contribution in [0.2, 0.25) is 0 Å². The Balaban J connectivity index is 0.00000264. The molecule has 0 aliphatic carbocycles. The fourth-order valence-corrected chi connectivity index (χ4v) is 2.75. The molecule has 3 heteroatoms. The van der Waals surface area contributed by atoms with Gasteiger partial charge in [-0.1, -0.05) is 31.7 Å². The molecule has 23 heavy (non-hydrogen) atoms. The molecule has 120 valence electrons. The summed E-state index contributed by atoms with van der Waals surface area (Å²) in [6, 6.07) is 6.34. The van der Waals surface area contributed by atoms with Gasteiger partial charge in [-0.15, -0.1) is 11.3 Å². The topological polar surface area (TPSA) is 24.7 Å². The third-order valence-electron chi connectivity index (χ3n) is 3.42. The molecule has 1 aromatic carbocycles. The number of nitrogens with zero attached hydrogens (tertiary/aromatic N) is 2. The molecule has 0 saturated heterocycles. The molecule has 0 spiro atoms.